The molecule has 2 saturated heterocycles. The number of hydrogen-bond donors (Lipinski definition) is 2. The molecule has 28 heavy (non-hydrogen) atoms. The minimum Gasteiger partial charge on any atom is -0.351 e. The Balaban J connectivity index is 0.00000225. The summed E-state index contributed by atoms with van der Waals surface area (Å²) in [5, 5.41) is 6.66. The van der Waals surface area contributed by atoms with Crippen LogP contribution in [-0.4, -0.2) is 47.9 Å². The van der Waals surface area contributed by atoms with Gasteiger partial charge in [0.15, 0.2) is 0 Å². The summed E-state index contributed by atoms with van der Waals surface area (Å²) in [5.74, 6) is 0.952. The highest BCUT2D eigenvalue weighted by molar-refractivity contribution is 5.98. The first kappa shape index (κ1) is 21.1. The lowest BCUT2D eigenvalue weighted by molar-refractivity contribution is -0.126. The van der Waals surface area contributed by atoms with Crippen molar-refractivity contribution >= 4 is 24.2 Å². The van der Waals surface area contributed by atoms with Crippen molar-refractivity contribution < 1.29 is 9.59 Å². The van der Waals surface area contributed by atoms with Crippen molar-refractivity contribution in [2.75, 3.05) is 13.1 Å². The van der Waals surface area contributed by atoms with E-state index in [1.54, 1.807) is 0 Å². The quantitative estimate of drug-likeness (QED) is 0.812. The van der Waals surface area contributed by atoms with Crippen molar-refractivity contribution in [2.24, 2.45) is 11.8 Å². The van der Waals surface area contributed by atoms with Crippen LogP contribution < -0.4 is 10.6 Å². The van der Waals surface area contributed by atoms with E-state index in [-0.39, 0.29) is 42.3 Å². The van der Waals surface area contributed by atoms with Gasteiger partial charge >= 0.3 is 0 Å². The predicted octanol–water partition coefficient (Wildman–Crippen LogP) is 3.00. The van der Waals surface area contributed by atoms with Crippen LogP contribution in [0.4, 0.5) is 0 Å². The Bertz CT molecular complexity index is 684. The lowest BCUT2D eigenvalue weighted by Crippen LogP contribution is -2.55. The van der Waals surface area contributed by atoms with Gasteiger partial charge in [-0.05, 0) is 62.7 Å². The van der Waals surface area contributed by atoms with Crippen molar-refractivity contribution in [3.63, 3.8) is 0 Å². The number of rotatable bonds is 3. The lowest BCUT2D eigenvalue weighted by atomic mass is 9.84. The van der Waals surface area contributed by atoms with Crippen LogP contribution in [0.1, 0.15) is 55.8 Å². The summed E-state index contributed by atoms with van der Waals surface area (Å²) in [6, 6.07) is 9.54. The van der Waals surface area contributed by atoms with Crippen LogP contribution in [0.3, 0.4) is 0 Å². The highest BCUT2D eigenvalue weighted by Crippen LogP contribution is 2.40. The Morgan fingerprint density at radius 1 is 1.11 bits per heavy atom. The Morgan fingerprint density at radius 2 is 1.86 bits per heavy atom. The molecule has 1 aliphatic carbocycles. The first-order valence-electron chi connectivity index (χ1n) is 10.5. The van der Waals surface area contributed by atoms with Crippen LogP contribution in [0, 0.1) is 11.8 Å². The molecular weight excluding hydrogens is 374 g/mol. The Labute approximate surface area is 174 Å². The fraction of sp³-hybridized carbons (Fsp3) is 0.636. The topological polar surface area (TPSA) is 61.4 Å². The van der Waals surface area contributed by atoms with Gasteiger partial charge in [-0.25, -0.2) is 0 Å². The molecule has 3 fully saturated rings. The molecule has 1 aromatic rings. The molecule has 5 nitrogen and oxygen atoms in total. The first-order chi connectivity index (χ1) is 13.1. The molecule has 2 aliphatic heterocycles. The van der Waals surface area contributed by atoms with Crippen molar-refractivity contribution in [3.05, 3.63) is 35.9 Å². The molecule has 3 aliphatic rings. The molecule has 0 radical (unpaired) electrons. The Morgan fingerprint density at radius 3 is 2.61 bits per heavy atom. The molecule has 4 rings (SSSR count). The number of fused-ring (bicyclic) bond motifs is 1. The Kier molecular flexibility index (Phi) is 7.00. The minimum atomic E-state index is -0.326. The van der Waals surface area contributed by atoms with E-state index in [9.17, 15) is 9.59 Å². The van der Waals surface area contributed by atoms with E-state index in [0.717, 1.165) is 45.2 Å². The highest BCUT2D eigenvalue weighted by atomic mass is 35.5. The Hall–Kier alpha value is -1.59. The third-order valence-corrected chi connectivity index (χ3v) is 6.76. The summed E-state index contributed by atoms with van der Waals surface area (Å²) in [6.07, 6.45) is 6.30. The van der Waals surface area contributed by atoms with Crippen LogP contribution in [-0.2, 0) is 4.79 Å². The van der Waals surface area contributed by atoms with Crippen molar-refractivity contribution in [1.29, 1.82) is 0 Å². The molecule has 0 spiro atoms. The van der Waals surface area contributed by atoms with Crippen LogP contribution in [0.25, 0.3) is 0 Å². The number of likely N-dealkylation sites (tertiary alicyclic amines) is 1. The molecular formula is C22H32ClN3O2. The molecule has 2 amide bonds. The van der Waals surface area contributed by atoms with E-state index in [1.165, 1.54) is 6.42 Å². The van der Waals surface area contributed by atoms with Gasteiger partial charge in [0.2, 0.25) is 5.91 Å². The number of nitrogens with one attached hydrogen (secondary N) is 2. The molecule has 1 aromatic carbocycles. The van der Waals surface area contributed by atoms with Crippen LogP contribution in [0.15, 0.2) is 30.3 Å². The third-order valence-electron chi connectivity index (χ3n) is 6.76. The van der Waals surface area contributed by atoms with Gasteiger partial charge in [-0.3, -0.25) is 9.59 Å². The number of piperidine rings is 1. The van der Waals surface area contributed by atoms with Crippen molar-refractivity contribution in [3.8, 4) is 0 Å². The van der Waals surface area contributed by atoms with Crippen LogP contribution in [0.2, 0.25) is 0 Å². The van der Waals surface area contributed by atoms with E-state index in [4.69, 9.17) is 0 Å². The number of nitrogens with zero attached hydrogens (tertiary/aromatic N) is 1. The molecule has 2 heterocycles. The maximum absolute atomic E-state index is 13.3. The summed E-state index contributed by atoms with van der Waals surface area (Å²) in [5.41, 5.74) is 0.691. The van der Waals surface area contributed by atoms with Gasteiger partial charge in [-0.1, -0.05) is 38.0 Å². The number of hydrogen-bond acceptors (Lipinski definition) is 3. The fourth-order valence-corrected chi connectivity index (χ4v) is 5.22. The van der Waals surface area contributed by atoms with E-state index < -0.39 is 0 Å². The number of halogens is 1. The average molecular weight is 406 g/mol. The summed E-state index contributed by atoms with van der Waals surface area (Å²) >= 11 is 0. The van der Waals surface area contributed by atoms with Gasteiger partial charge in [0.05, 0.1) is 0 Å². The van der Waals surface area contributed by atoms with Gasteiger partial charge in [0, 0.05) is 17.6 Å². The molecule has 5 atom stereocenters. The van der Waals surface area contributed by atoms with Gasteiger partial charge in [-0.2, -0.15) is 0 Å². The second kappa shape index (κ2) is 9.27. The van der Waals surface area contributed by atoms with Gasteiger partial charge in [-0.15, -0.1) is 12.4 Å². The molecule has 2 N–H and O–H groups in total. The lowest BCUT2D eigenvalue weighted by Gasteiger charge is -2.35. The number of carbonyl (C=O) groups is 2. The normalized spacial score (nSPS) is 32.2. The largest absolute Gasteiger partial charge is 0.351 e. The van der Waals surface area contributed by atoms with E-state index in [2.05, 4.69) is 17.6 Å². The molecule has 6 heteroatoms. The smallest absolute Gasteiger partial charge is 0.254 e. The van der Waals surface area contributed by atoms with E-state index in [1.807, 2.05) is 35.2 Å². The highest BCUT2D eigenvalue weighted by Gasteiger charge is 2.47. The molecule has 0 aromatic heterocycles. The predicted molar refractivity (Wildman–Crippen MR) is 113 cm³/mol. The second-order valence-electron chi connectivity index (χ2n) is 8.53. The van der Waals surface area contributed by atoms with Crippen LogP contribution in [0.5, 0.6) is 0 Å². The molecule has 5 unspecified atom stereocenters. The average Bonchev–Trinajstić information content (AvgIpc) is 3.09. The van der Waals surface area contributed by atoms with E-state index >= 15 is 0 Å². The summed E-state index contributed by atoms with van der Waals surface area (Å²) < 4.78 is 0. The molecule has 154 valence electrons. The SMILES string of the molecule is CC1CNCCC1NC(=O)C1CC2CCCCC2N1C(=O)c1ccccc1.Cl. The zero-order chi connectivity index (χ0) is 18.8. The van der Waals surface area contributed by atoms with Crippen molar-refractivity contribution in [2.45, 2.75) is 63.6 Å². The third kappa shape index (κ3) is 4.20. The van der Waals surface area contributed by atoms with Crippen molar-refractivity contribution in [1.82, 2.24) is 15.5 Å². The molecule has 1 saturated carbocycles. The van der Waals surface area contributed by atoms with Gasteiger partial charge in [0.25, 0.3) is 5.91 Å². The second-order valence-corrected chi connectivity index (χ2v) is 8.53. The summed E-state index contributed by atoms with van der Waals surface area (Å²) in [6.45, 7) is 4.06. The van der Waals surface area contributed by atoms with E-state index in [0.29, 0.717) is 17.4 Å². The maximum atomic E-state index is 13.3. The number of carbonyl (C=O) groups excluding carboxylic acids is 2. The van der Waals surface area contributed by atoms with Crippen LogP contribution >= 0.6 is 12.4 Å². The summed E-state index contributed by atoms with van der Waals surface area (Å²) in [7, 11) is 0. The maximum Gasteiger partial charge on any atom is 0.254 e. The van der Waals surface area contributed by atoms with Gasteiger partial charge in [0.1, 0.15) is 6.04 Å². The standard InChI is InChI=1S/C22H31N3O2.ClH/c1-15-14-23-12-11-18(15)24-21(26)20-13-17-9-5-6-10-19(17)25(20)22(27)16-7-3-2-4-8-16;/h2-4,7-8,15,17-20,23H,5-6,9-14H2,1H3,(H,24,26);1H. The fourth-order valence-electron chi connectivity index (χ4n) is 5.22. The molecule has 0 bridgehead atoms. The first-order valence-corrected chi connectivity index (χ1v) is 10.5. The zero-order valence-corrected chi connectivity index (χ0v) is 17.4. The summed E-state index contributed by atoms with van der Waals surface area (Å²) in [4.78, 5) is 28.5. The minimum absolute atomic E-state index is 0. The van der Waals surface area contributed by atoms with Gasteiger partial charge < -0.3 is 15.5 Å². The monoisotopic (exact) mass is 405 g/mol. The number of amides is 2. The number of benzene rings is 1. The zero-order valence-electron chi connectivity index (χ0n) is 16.6.